The highest BCUT2D eigenvalue weighted by Crippen LogP contribution is 2.29. The van der Waals surface area contributed by atoms with E-state index in [0.29, 0.717) is 11.9 Å². The largest absolute Gasteiger partial charge is 0.372 e. The molecule has 2 saturated heterocycles. The molecule has 2 amide bonds. The third kappa shape index (κ3) is 3.01. The Balaban J connectivity index is 1.52. The van der Waals surface area contributed by atoms with Crippen LogP contribution in [-0.2, 0) is 16.6 Å². The molecular formula is C23H24N4O3. The van der Waals surface area contributed by atoms with E-state index in [1.807, 2.05) is 18.2 Å². The lowest BCUT2D eigenvalue weighted by atomic mass is 10.0. The van der Waals surface area contributed by atoms with Crippen LogP contribution in [0, 0.1) is 0 Å². The van der Waals surface area contributed by atoms with Gasteiger partial charge in [-0.15, -0.1) is 0 Å². The number of hydrogen-bond acceptors (Lipinski definition) is 4. The summed E-state index contributed by atoms with van der Waals surface area (Å²) in [7, 11) is 1.72. The molecule has 2 aliphatic heterocycles. The van der Waals surface area contributed by atoms with Gasteiger partial charge >= 0.3 is 5.69 Å². The number of carbonyl (C=O) groups excluding carboxylic acids is 2. The molecule has 5 rings (SSSR count). The molecule has 7 nitrogen and oxygen atoms in total. The van der Waals surface area contributed by atoms with Gasteiger partial charge in [0, 0.05) is 32.2 Å². The van der Waals surface area contributed by atoms with Gasteiger partial charge in [0.05, 0.1) is 11.0 Å². The number of carbonyl (C=O) groups is 2. The third-order valence-electron chi connectivity index (χ3n) is 6.28. The molecule has 3 aromatic rings. The van der Waals surface area contributed by atoms with Crippen molar-refractivity contribution in [1.82, 2.24) is 14.5 Å². The summed E-state index contributed by atoms with van der Waals surface area (Å²) < 4.78 is 3.08. The van der Waals surface area contributed by atoms with Crippen LogP contribution >= 0.6 is 0 Å². The fourth-order valence-corrected chi connectivity index (χ4v) is 4.61. The Morgan fingerprint density at radius 3 is 2.30 bits per heavy atom. The van der Waals surface area contributed by atoms with Crippen molar-refractivity contribution >= 4 is 28.5 Å². The molecule has 3 heterocycles. The average Bonchev–Trinajstić information content (AvgIpc) is 3.37. The van der Waals surface area contributed by atoms with Crippen LogP contribution in [0.25, 0.3) is 22.2 Å². The minimum Gasteiger partial charge on any atom is -0.372 e. The predicted octanol–water partition coefficient (Wildman–Crippen LogP) is 2.58. The molecule has 2 aliphatic rings. The number of imidazole rings is 1. The second kappa shape index (κ2) is 7.16. The van der Waals surface area contributed by atoms with Crippen LogP contribution in [0.1, 0.15) is 31.7 Å². The molecule has 0 aliphatic carbocycles. The van der Waals surface area contributed by atoms with E-state index in [1.54, 1.807) is 11.6 Å². The highest BCUT2D eigenvalue weighted by Gasteiger charge is 2.31. The van der Waals surface area contributed by atoms with Gasteiger partial charge in [-0.05, 0) is 54.7 Å². The molecule has 1 unspecified atom stereocenters. The molecule has 2 aromatic carbocycles. The van der Waals surface area contributed by atoms with Crippen molar-refractivity contribution in [2.75, 3.05) is 18.0 Å². The van der Waals surface area contributed by atoms with Gasteiger partial charge in [0.15, 0.2) is 0 Å². The Bertz CT molecular complexity index is 1200. The summed E-state index contributed by atoms with van der Waals surface area (Å²) in [6.07, 6.45) is 3.07. The quantitative estimate of drug-likeness (QED) is 0.681. The first-order valence-corrected chi connectivity index (χ1v) is 10.4. The number of nitrogens with one attached hydrogen (secondary N) is 1. The first-order chi connectivity index (χ1) is 14.5. The van der Waals surface area contributed by atoms with Crippen LogP contribution in [-0.4, -0.2) is 34.0 Å². The van der Waals surface area contributed by atoms with Gasteiger partial charge in [0.25, 0.3) is 0 Å². The molecular weight excluding hydrogens is 380 g/mol. The summed E-state index contributed by atoms with van der Waals surface area (Å²) in [6.45, 7) is 2.22. The summed E-state index contributed by atoms with van der Waals surface area (Å²) in [5, 5.41) is 2.34. The molecule has 1 N–H and O–H groups in total. The van der Waals surface area contributed by atoms with Crippen LogP contribution in [0.3, 0.4) is 0 Å². The first kappa shape index (κ1) is 18.7. The zero-order valence-corrected chi connectivity index (χ0v) is 16.9. The van der Waals surface area contributed by atoms with Crippen LogP contribution in [0.4, 0.5) is 5.69 Å². The molecule has 7 heteroatoms. The van der Waals surface area contributed by atoms with Crippen LogP contribution in [0.5, 0.6) is 0 Å². The maximum Gasteiger partial charge on any atom is 0.329 e. The first-order valence-electron chi connectivity index (χ1n) is 10.4. The second-order valence-corrected chi connectivity index (χ2v) is 8.12. The zero-order valence-electron chi connectivity index (χ0n) is 16.9. The summed E-state index contributed by atoms with van der Waals surface area (Å²) in [5.41, 5.74) is 4.57. The molecule has 0 radical (unpaired) electrons. The number of nitrogens with zero attached hydrogens (tertiary/aromatic N) is 3. The van der Waals surface area contributed by atoms with Crippen molar-refractivity contribution in [2.45, 2.75) is 31.7 Å². The normalized spacial score (nSPS) is 19.5. The van der Waals surface area contributed by atoms with E-state index in [4.69, 9.17) is 0 Å². The number of rotatable bonds is 3. The summed E-state index contributed by atoms with van der Waals surface area (Å²) >= 11 is 0. The van der Waals surface area contributed by atoms with Gasteiger partial charge in [0.1, 0.15) is 6.04 Å². The Morgan fingerprint density at radius 1 is 0.900 bits per heavy atom. The van der Waals surface area contributed by atoms with Gasteiger partial charge < -0.3 is 4.90 Å². The lowest BCUT2D eigenvalue weighted by molar-refractivity contribution is -0.135. The Hall–Kier alpha value is -3.35. The molecule has 0 spiro atoms. The van der Waals surface area contributed by atoms with Gasteiger partial charge in [-0.2, -0.15) is 0 Å². The molecule has 154 valence electrons. The number of imide groups is 1. The molecule has 2 fully saturated rings. The molecule has 1 aromatic heterocycles. The molecule has 1 atom stereocenters. The Morgan fingerprint density at radius 2 is 1.60 bits per heavy atom. The van der Waals surface area contributed by atoms with E-state index in [0.717, 1.165) is 29.7 Å². The number of fused-ring (bicyclic) bond motifs is 1. The lowest BCUT2D eigenvalue weighted by Crippen LogP contribution is -2.44. The SMILES string of the molecule is Cn1c(=O)n(C2CCC(=O)NC2=O)c2ccc(-c3ccc(N4CCCC4)cc3)cc21. The minimum absolute atomic E-state index is 0.237. The summed E-state index contributed by atoms with van der Waals surface area (Å²) in [5.74, 6) is -0.702. The van der Waals surface area contributed by atoms with Crippen molar-refractivity contribution in [3.8, 4) is 11.1 Å². The minimum atomic E-state index is -0.663. The zero-order chi connectivity index (χ0) is 20.8. The van der Waals surface area contributed by atoms with Crippen molar-refractivity contribution < 1.29 is 9.59 Å². The van der Waals surface area contributed by atoms with E-state index < -0.39 is 11.9 Å². The highest BCUT2D eigenvalue weighted by molar-refractivity contribution is 6.00. The molecule has 30 heavy (non-hydrogen) atoms. The van der Waals surface area contributed by atoms with E-state index in [1.165, 1.54) is 23.1 Å². The molecule has 0 bridgehead atoms. The number of benzene rings is 2. The van der Waals surface area contributed by atoms with Crippen LogP contribution in [0.2, 0.25) is 0 Å². The van der Waals surface area contributed by atoms with E-state index >= 15 is 0 Å². The van der Waals surface area contributed by atoms with Crippen molar-refractivity contribution in [3.05, 3.63) is 52.9 Å². The number of hydrogen-bond donors (Lipinski definition) is 1. The third-order valence-corrected chi connectivity index (χ3v) is 6.28. The fourth-order valence-electron chi connectivity index (χ4n) is 4.61. The highest BCUT2D eigenvalue weighted by atomic mass is 16.2. The fraction of sp³-hybridized carbons (Fsp3) is 0.348. The predicted molar refractivity (Wildman–Crippen MR) is 115 cm³/mol. The second-order valence-electron chi connectivity index (χ2n) is 8.12. The number of amides is 2. The average molecular weight is 404 g/mol. The monoisotopic (exact) mass is 404 g/mol. The van der Waals surface area contributed by atoms with Gasteiger partial charge in [-0.25, -0.2) is 4.79 Å². The van der Waals surface area contributed by atoms with Crippen molar-refractivity contribution in [3.63, 3.8) is 0 Å². The number of aromatic nitrogens is 2. The summed E-state index contributed by atoms with van der Waals surface area (Å²) in [6, 6.07) is 13.7. The van der Waals surface area contributed by atoms with Gasteiger partial charge in [-0.1, -0.05) is 18.2 Å². The standard InChI is InChI=1S/C23H24N4O3/c1-25-20-14-16(15-4-7-17(8-5-15)26-12-2-3-13-26)6-9-18(20)27(23(25)30)19-10-11-21(28)24-22(19)29/h4-9,14,19H,2-3,10-13H2,1H3,(H,24,28,29). The maximum atomic E-state index is 12.9. The van der Waals surface area contributed by atoms with Gasteiger partial charge in [0.2, 0.25) is 11.8 Å². The van der Waals surface area contributed by atoms with Crippen LogP contribution < -0.4 is 15.9 Å². The maximum absolute atomic E-state index is 12.9. The topological polar surface area (TPSA) is 76.3 Å². The van der Waals surface area contributed by atoms with Crippen molar-refractivity contribution in [2.24, 2.45) is 7.05 Å². The van der Waals surface area contributed by atoms with E-state index in [-0.39, 0.29) is 18.0 Å². The Labute approximate surface area is 173 Å². The number of piperidine rings is 1. The Kier molecular flexibility index (Phi) is 4.46. The van der Waals surface area contributed by atoms with Crippen LogP contribution in [0.15, 0.2) is 47.3 Å². The molecule has 0 saturated carbocycles. The van der Waals surface area contributed by atoms with E-state index in [9.17, 15) is 14.4 Å². The smallest absolute Gasteiger partial charge is 0.329 e. The van der Waals surface area contributed by atoms with Gasteiger partial charge in [-0.3, -0.25) is 24.0 Å². The number of aryl methyl sites for hydroxylation is 1. The lowest BCUT2D eigenvalue weighted by Gasteiger charge is -2.22. The van der Waals surface area contributed by atoms with Crippen molar-refractivity contribution in [1.29, 1.82) is 0 Å². The number of anilines is 1. The summed E-state index contributed by atoms with van der Waals surface area (Å²) in [4.78, 5) is 39.1. The van der Waals surface area contributed by atoms with E-state index in [2.05, 4.69) is 34.5 Å².